The molecule has 136 valence electrons. The van der Waals surface area contributed by atoms with Gasteiger partial charge in [-0.15, -0.1) is 0 Å². The fraction of sp³-hybridized carbons (Fsp3) is 0.632. The Bertz CT molecular complexity index is 416. The molecular formula is C19H34CaO4. The minimum absolute atomic E-state index is 0. The van der Waals surface area contributed by atoms with Gasteiger partial charge in [0.25, 0.3) is 0 Å². The van der Waals surface area contributed by atoms with Crippen molar-refractivity contribution in [2.75, 3.05) is 0 Å². The Hall–Kier alpha value is -0.450. The van der Waals surface area contributed by atoms with Crippen molar-refractivity contribution in [3.05, 3.63) is 29.8 Å². The van der Waals surface area contributed by atoms with Gasteiger partial charge in [0, 0.05) is 0 Å². The average Bonchev–Trinajstić information content (AvgIpc) is 2.50. The van der Waals surface area contributed by atoms with Crippen molar-refractivity contribution in [3.8, 4) is 5.75 Å². The molecule has 0 aliphatic carbocycles. The van der Waals surface area contributed by atoms with E-state index in [1.54, 1.807) is 6.07 Å². The number of carboxylic acid groups (broad SMARTS) is 2. The molecule has 1 aromatic carbocycles. The largest absolute Gasteiger partial charge is 2.00 e. The smallest absolute Gasteiger partial charge is 1.00 e. The number of unbranched alkanes of at least 4 members (excludes halogenated alkanes) is 9. The van der Waals surface area contributed by atoms with Gasteiger partial charge >= 0.3 is 43.9 Å². The van der Waals surface area contributed by atoms with Crippen LogP contribution in [0.1, 0.15) is 79.5 Å². The molecule has 1 rings (SSSR count). The second kappa shape index (κ2) is 18.9. The molecule has 0 saturated carbocycles. The Morgan fingerprint density at radius 2 is 1.29 bits per heavy atom. The zero-order valence-corrected chi connectivity index (χ0v) is 17.3. The minimum atomic E-state index is -1.83. The van der Waals surface area contributed by atoms with Crippen molar-refractivity contribution < 1.29 is 23.0 Å². The van der Waals surface area contributed by atoms with Crippen molar-refractivity contribution in [2.24, 2.45) is 0 Å². The summed E-state index contributed by atoms with van der Waals surface area (Å²) in [4.78, 5) is 8.56. The first-order valence-electron chi connectivity index (χ1n) is 8.76. The van der Waals surface area contributed by atoms with Crippen LogP contribution in [0, 0.1) is 0 Å². The van der Waals surface area contributed by atoms with Gasteiger partial charge in [-0.25, -0.2) is 4.79 Å². The molecule has 0 saturated heterocycles. The van der Waals surface area contributed by atoms with Crippen LogP contribution in [0.15, 0.2) is 24.3 Å². The van der Waals surface area contributed by atoms with Crippen molar-refractivity contribution in [1.82, 2.24) is 0 Å². The summed E-state index contributed by atoms with van der Waals surface area (Å²) in [5.74, 6) is 0.457. The Labute approximate surface area is 179 Å². The number of aryl methyl sites for hydroxylation is 1. The maximum Gasteiger partial charge on any atom is 2.00 e. The summed E-state index contributed by atoms with van der Waals surface area (Å²) in [5, 5.41) is 23.6. The maximum atomic E-state index is 9.65. The molecule has 0 atom stereocenters. The Balaban J connectivity index is -0.000000314. The molecule has 3 N–H and O–H groups in total. The molecule has 0 amide bonds. The molecule has 0 aliphatic rings. The van der Waals surface area contributed by atoms with Gasteiger partial charge in [-0.05, 0) is 24.5 Å². The molecule has 1 aromatic rings. The van der Waals surface area contributed by atoms with E-state index in [-0.39, 0.29) is 40.6 Å². The Morgan fingerprint density at radius 1 is 0.875 bits per heavy atom. The van der Waals surface area contributed by atoms with E-state index in [0.29, 0.717) is 5.75 Å². The number of phenols is 1. The van der Waals surface area contributed by atoms with Crippen LogP contribution < -0.4 is 0 Å². The molecule has 0 radical (unpaired) electrons. The summed E-state index contributed by atoms with van der Waals surface area (Å²) in [5.41, 5.74) is 1.10. The number of carbonyl (C=O) groups is 1. The van der Waals surface area contributed by atoms with Gasteiger partial charge in [-0.1, -0.05) is 82.9 Å². The topological polar surface area (TPSA) is 77.8 Å². The molecule has 0 spiro atoms. The van der Waals surface area contributed by atoms with Crippen LogP contribution in [0.2, 0.25) is 0 Å². The number of benzene rings is 1. The standard InChI is InChI=1S/C18H30O.CH2O3.Ca.2H/c1-2-3-4-5-6-7-8-9-10-11-14-17-15-12-13-16-18(17)19;2-1(3)4;;;/h12-13,15-16,19H,2-11,14H2,1H3;(H2,2,3,4);;;/q;;+2;2*-1. The quantitative estimate of drug-likeness (QED) is 0.335. The van der Waals surface area contributed by atoms with Crippen LogP contribution in [0.5, 0.6) is 5.75 Å². The fourth-order valence-corrected chi connectivity index (χ4v) is 2.53. The Morgan fingerprint density at radius 3 is 1.75 bits per heavy atom. The maximum absolute atomic E-state index is 9.65. The normalized spacial score (nSPS) is 9.54. The van der Waals surface area contributed by atoms with E-state index in [4.69, 9.17) is 15.0 Å². The summed E-state index contributed by atoms with van der Waals surface area (Å²) in [6, 6.07) is 7.71. The van der Waals surface area contributed by atoms with Gasteiger partial charge in [0.05, 0.1) is 0 Å². The summed E-state index contributed by atoms with van der Waals surface area (Å²) >= 11 is 0. The van der Waals surface area contributed by atoms with Gasteiger partial charge < -0.3 is 18.2 Å². The van der Waals surface area contributed by atoms with Crippen molar-refractivity contribution in [3.63, 3.8) is 0 Å². The van der Waals surface area contributed by atoms with Gasteiger partial charge in [0.2, 0.25) is 0 Å². The van der Waals surface area contributed by atoms with Gasteiger partial charge in [0.1, 0.15) is 5.75 Å². The van der Waals surface area contributed by atoms with Crippen molar-refractivity contribution >= 4 is 43.9 Å². The molecule has 0 heterocycles. The minimum Gasteiger partial charge on any atom is -1.00 e. The number of para-hydroxylation sites is 1. The van der Waals surface area contributed by atoms with Gasteiger partial charge in [-0.2, -0.15) is 0 Å². The number of hydrogen-bond acceptors (Lipinski definition) is 2. The van der Waals surface area contributed by atoms with Crippen LogP contribution in [0.4, 0.5) is 4.79 Å². The summed E-state index contributed by atoms with van der Waals surface area (Å²) in [7, 11) is 0. The van der Waals surface area contributed by atoms with E-state index < -0.39 is 6.16 Å². The zero-order valence-electron chi connectivity index (χ0n) is 17.0. The van der Waals surface area contributed by atoms with Crippen LogP contribution in [-0.4, -0.2) is 59.2 Å². The third-order valence-electron chi connectivity index (χ3n) is 3.79. The second-order valence-electron chi connectivity index (χ2n) is 5.84. The molecule has 5 heteroatoms. The van der Waals surface area contributed by atoms with E-state index >= 15 is 0 Å². The van der Waals surface area contributed by atoms with Crippen molar-refractivity contribution in [1.29, 1.82) is 0 Å². The molecule has 0 aliphatic heterocycles. The first kappa shape index (κ1) is 25.8. The second-order valence-corrected chi connectivity index (χ2v) is 5.84. The Kier molecular flexibility index (Phi) is 20.3. The summed E-state index contributed by atoms with van der Waals surface area (Å²) < 4.78 is 0. The average molecular weight is 367 g/mol. The summed E-state index contributed by atoms with van der Waals surface area (Å²) in [6.07, 6.45) is 12.8. The SMILES string of the molecule is CCCCCCCCCCCCc1ccccc1O.O=C(O)O.[Ca+2].[H-].[H-]. The molecule has 24 heavy (non-hydrogen) atoms. The first-order chi connectivity index (χ1) is 11.1. The van der Waals surface area contributed by atoms with Crippen LogP contribution >= 0.6 is 0 Å². The number of aromatic hydroxyl groups is 1. The van der Waals surface area contributed by atoms with Crippen LogP contribution in [0.3, 0.4) is 0 Å². The van der Waals surface area contributed by atoms with Gasteiger partial charge in [0.15, 0.2) is 0 Å². The molecular weight excluding hydrogens is 332 g/mol. The van der Waals surface area contributed by atoms with E-state index in [9.17, 15) is 5.11 Å². The third-order valence-corrected chi connectivity index (χ3v) is 3.79. The predicted octanol–water partition coefficient (Wildman–Crippen LogP) is 5.92. The third kappa shape index (κ3) is 17.9. The van der Waals surface area contributed by atoms with Crippen LogP contribution in [0.25, 0.3) is 0 Å². The monoisotopic (exact) mass is 366 g/mol. The van der Waals surface area contributed by atoms with E-state index in [2.05, 4.69) is 6.92 Å². The zero-order chi connectivity index (χ0) is 17.3. The van der Waals surface area contributed by atoms with E-state index in [0.717, 1.165) is 12.0 Å². The number of rotatable bonds is 11. The molecule has 4 nitrogen and oxygen atoms in total. The fourth-order valence-electron chi connectivity index (χ4n) is 2.53. The number of hydrogen-bond donors (Lipinski definition) is 3. The molecule has 0 fully saturated rings. The van der Waals surface area contributed by atoms with Gasteiger partial charge in [-0.3, -0.25) is 0 Å². The van der Waals surface area contributed by atoms with E-state index in [1.807, 2.05) is 18.2 Å². The predicted molar refractivity (Wildman–Crippen MR) is 102 cm³/mol. The number of phenolic OH excluding ortho intramolecular Hbond substituents is 1. The molecule has 0 bridgehead atoms. The molecule has 0 aromatic heterocycles. The summed E-state index contributed by atoms with van der Waals surface area (Å²) in [6.45, 7) is 2.27. The van der Waals surface area contributed by atoms with Crippen LogP contribution in [-0.2, 0) is 6.42 Å². The van der Waals surface area contributed by atoms with Crippen molar-refractivity contribution in [2.45, 2.75) is 77.6 Å². The van der Waals surface area contributed by atoms with E-state index in [1.165, 1.54) is 64.2 Å². The molecule has 0 unspecified atom stereocenters. The first-order valence-corrected chi connectivity index (χ1v) is 8.76.